The highest BCUT2D eigenvalue weighted by Gasteiger charge is 2.39. The molecule has 0 saturated carbocycles. The van der Waals surface area contributed by atoms with Crippen LogP contribution in [0.2, 0.25) is 18.1 Å². The molecular weight excluding hydrogens is 1380 g/mol. The monoisotopic (exact) mass is 1460 g/mol. The first-order chi connectivity index (χ1) is 45.6. The van der Waals surface area contributed by atoms with Crippen molar-refractivity contribution in [2.24, 2.45) is 4.74 Å². The fourth-order valence-corrected chi connectivity index (χ4v) is 15.2. The van der Waals surface area contributed by atoms with Crippen molar-refractivity contribution in [1.82, 2.24) is 0 Å². The Kier molecular flexibility index (Phi) is 35.0. The zero-order valence-electron chi connectivity index (χ0n) is 56.1. The Balaban J connectivity index is 0.000000345. The van der Waals surface area contributed by atoms with Crippen LogP contribution in [0.3, 0.4) is 0 Å². The van der Waals surface area contributed by atoms with Gasteiger partial charge >= 0.3 is 31.9 Å². The summed E-state index contributed by atoms with van der Waals surface area (Å²) in [6.45, 7) is 13.0. The van der Waals surface area contributed by atoms with Crippen molar-refractivity contribution in [3.8, 4) is 40.2 Å². The molecule has 9 aromatic carbocycles. The number of aryl methyl sites for hydroxylation is 1. The Hall–Kier alpha value is -8.58. The summed E-state index contributed by atoms with van der Waals surface area (Å²) in [4.78, 5) is 3.21. The molecule has 0 N–H and O–H groups in total. The van der Waals surface area contributed by atoms with Crippen molar-refractivity contribution >= 4 is 84.4 Å². The van der Waals surface area contributed by atoms with Crippen LogP contribution in [0.5, 0.6) is 40.2 Å². The van der Waals surface area contributed by atoms with Crippen LogP contribution in [-0.4, -0.2) is 113 Å². The summed E-state index contributed by atoms with van der Waals surface area (Å²) in [5, 5.41) is 4.09. The maximum atomic E-state index is 12.6. The van der Waals surface area contributed by atoms with Crippen LogP contribution < -0.4 is 53.2 Å². The number of para-hydroxylation sites is 2. The molecule has 0 atom stereocenters. The van der Waals surface area contributed by atoms with Crippen LogP contribution in [0.25, 0.3) is 0 Å². The van der Waals surface area contributed by atoms with Gasteiger partial charge in [-0.3, -0.25) is 9.45 Å². The van der Waals surface area contributed by atoms with Gasteiger partial charge in [-0.25, -0.2) is 12.8 Å². The van der Waals surface area contributed by atoms with Crippen LogP contribution in [0, 0.1) is 6.92 Å². The van der Waals surface area contributed by atoms with Crippen molar-refractivity contribution < 1.29 is 74.2 Å². The molecule has 0 aliphatic heterocycles. The second kappa shape index (κ2) is 41.0. The average molecular weight is 1460 g/mol. The van der Waals surface area contributed by atoms with Crippen molar-refractivity contribution in [2.45, 2.75) is 45.8 Å². The number of hydrogen-bond acceptors (Lipinski definition) is 16. The molecule has 0 heterocycles. The first kappa shape index (κ1) is 83.6. The van der Waals surface area contributed by atoms with Gasteiger partial charge < -0.3 is 37.3 Å². The van der Waals surface area contributed by atoms with Crippen molar-refractivity contribution in [3.63, 3.8) is 0 Å². The van der Waals surface area contributed by atoms with Gasteiger partial charge in [-0.2, -0.15) is 25.3 Å². The number of ether oxygens (including phenoxy) is 3. The van der Waals surface area contributed by atoms with Crippen LogP contribution in [0.15, 0.2) is 253 Å². The molecule has 26 heteroatoms. The van der Waals surface area contributed by atoms with E-state index in [1.807, 2.05) is 73.8 Å². The van der Waals surface area contributed by atoms with E-state index in [2.05, 4.69) is 132 Å². The van der Waals surface area contributed by atoms with Gasteiger partial charge in [0, 0.05) is 66.8 Å². The second-order valence-electron chi connectivity index (χ2n) is 23.0. The van der Waals surface area contributed by atoms with E-state index in [4.69, 9.17) is 36.0 Å². The summed E-state index contributed by atoms with van der Waals surface area (Å²) >= 11 is -0.750. The van der Waals surface area contributed by atoms with E-state index in [1.54, 1.807) is 90.9 Å². The van der Waals surface area contributed by atoms with Gasteiger partial charge in [0.1, 0.15) is 62.5 Å². The zero-order chi connectivity index (χ0) is 70.3. The van der Waals surface area contributed by atoms with Gasteiger partial charge in [-0.1, -0.05) is 166 Å². The minimum absolute atomic E-state index is 0. The predicted molar refractivity (Wildman–Crippen MR) is 392 cm³/mol. The summed E-state index contributed by atoms with van der Waals surface area (Å²) in [7, 11) is -11.8. The number of rotatable bonds is 25. The summed E-state index contributed by atoms with van der Waals surface area (Å²) in [6.07, 6.45) is 1.15. The number of nitrogens with zero attached hydrogens (tertiary/aromatic N) is 3. The Morgan fingerprint density at radius 2 is 0.806 bits per heavy atom. The molecule has 0 saturated heterocycles. The smallest absolute Gasteiger partial charge is 0.335 e. The lowest BCUT2D eigenvalue weighted by Gasteiger charge is -2.36. The Labute approximate surface area is 580 Å². The molecule has 16 nitrogen and oxygen atoms in total. The predicted octanol–water partition coefficient (Wildman–Crippen LogP) is 12.0. The first-order valence-electron chi connectivity index (χ1n) is 30.4. The largest absolute Gasteiger partial charge is 1.00 e. The fourth-order valence-electron chi connectivity index (χ4n) is 8.86. The molecule has 0 radical (unpaired) electrons. The normalized spacial score (nSPS) is 11.1. The maximum Gasteiger partial charge on any atom is 0.335 e. The minimum atomic E-state index is -4.51. The second-order valence-corrected chi connectivity index (χ2v) is 36.5. The number of anilines is 2. The number of halogens is 4. The van der Waals surface area contributed by atoms with E-state index in [0.717, 1.165) is 29.2 Å². The fraction of sp³-hybridized carbons (Fsp3) is 0.250. The summed E-state index contributed by atoms with van der Waals surface area (Å²) in [5.41, 5.74) is 2.65. The molecule has 0 spiro atoms. The van der Waals surface area contributed by atoms with Gasteiger partial charge in [0.05, 0.1) is 25.7 Å². The lowest BCUT2D eigenvalue weighted by atomic mass is 10.2. The van der Waals surface area contributed by atoms with Crippen LogP contribution in [-0.2, 0) is 41.7 Å². The molecule has 9 rings (SSSR count). The molecule has 0 aromatic heterocycles. The zero-order valence-corrected chi connectivity index (χ0v) is 61.3. The lowest BCUT2D eigenvalue weighted by Crippen LogP contribution is -3.00. The lowest BCUT2D eigenvalue weighted by molar-refractivity contribution is -0.0000338. The van der Waals surface area contributed by atoms with Gasteiger partial charge in [0.25, 0.3) is 0 Å². The molecular formula is C72H85F4N3O13PS4Si-. The quantitative estimate of drug-likeness (QED) is 0.0172. The van der Waals surface area contributed by atoms with Gasteiger partial charge in [0.15, 0.2) is 0 Å². The SMILES string of the molecule is CN=P(c1ccccc1)(c1ccccc1)c1ccccc1.COc1ccc(Oc2ccc(OS(=O)(=O)CCN(CCS(C)(=O)=O)c3ccccc3)cc2)cc1.Cc1ccc(Oc2ccc(O[Si](C)(C)C(C)(C)C)cc2)cc1.F.O=S(=O)(F)CCN(CCF)c1ccccc1.O=S=O.[F-]. The number of benzene rings is 9. The van der Waals surface area contributed by atoms with E-state index in [0.29, 0.717) is 22.9 Å². The minimum Gasteiger partial charge on any atom is -1.00 e. The van der Waals surface area contributed by atoms with E-state index >= 15 is 0 Å². The first-order valence-corrected chi connectivity index (χ1v) is 40.9. The highest BCUT2D eigenvalue weighted by molar-refractivity contribution is 7.90. The van der Waals surface area contributed by atoms with Gasteiger partial charge in [0.2, 0.25) is 8.32 Å². The number of alkyl halides is 1. The van der Waals surface area contributed by atoms with Gasteiger partial charge in [-0.15, -0.1) is 3.89 Å². The number of sulfone groups is 1. The standard InChI is InChI=1S/C24H27NO7S2.C19H18NP.C19H26O2Si.C10H13F2NO2S.2FH.O2S/c1-30-21-8-10-22(11-9-21)31-23-12-14-24(15-13-23)32-34(28,29)19-17-25(16-18-33(2,26)27)20-6-4-3-5-7-20;1-20-21(17-11-5-2-6-12-17,18-13-7-3-8-14-18)19-15-9-4-10-16-19;1-15-7-9-16(10-8-15)20-17-11-13-18(14-12-17)21-22(5,6)19(2,3)4;11-6-7-13(8-9-16(12,14)15)10-4-2-1-3-5-10;;;1-3-2/h3-15H,16-19H2,1-2H3;2-16H,1H3;7-14H,1-6H3;1-5H,6-9H2;2*1H;/p-1. The molecule has 98 heavy (non-hydrogen) atoms. The Morgan fingerprint density at radius 3 is 1.14 bits per heavy atom. The Bertz CT molecular complexity index is 4100. The molecule has 0 unspecified atom stereocenters. The number of methoxy groups -OCH3 is 1. The molecule has 528 valence electrons. The Morgan fingerprint density at radius 1 is 0.490 bits per heavy atom. The highest BCUT2D eigenvalue weighted by Crippen LogP contribution is 2.45. The topological polar surface area (TPSA) is 202 Å². The molecule has 9 aromatic rings. The molecule has 0 bridgehead atoms. The third kappa shape index (κ3) is 28.9. The molecule has 0 aliphatic carbocycles. The molecule has 0 aliphatic rings. The molecule has 0 fully saturated rings. The van der Waals surface area contributed by atoms with Gasteiger partial charge in [-0.05, 0) is 134 Å². The maximum absolute atomic E-state index is 12.6. The van der Waals surface area contributed by atoms with E-state index in [1.165, 1.54) is 38.5 Å². The summed E-state index contributed by atoms with van der Waals surface area (Å²) < 4.78 is 143. The summed E-state index contributed by atoms with van der Waals surface area (Å²) in [6, 6.07) is 79.0. The van der Waals surface area contributed by atoms with Crippen LogP contribution in [0.4, 0.5) is 24.4 Å². The third-order valence-corrected chi connectivity index (χ3v) is 25.7. The molecule has 0 amide bonds. The van der Waals surface area contributed by atoms with Crippen molar-refractivity contribution in [3.05, 3.63) is 254 Å². The number of hydrogen-bond donors (Lipinski definition) is 0. The van der Waals surface area contributed by atoms with E-state index in [9.17, 15) is 33.5 Å². The third-order valence-electron chi connectivity index (χ3n) is 14.8. The van der Waals surface area contributed by atoms with Crippen LogP contribution >= 0.6 is 7.05 Å². The van der Waals surface area contributed by atoms with Crippen molar-refractivity contribution in [2.75, 3.05) is 80.3 Å². The van der Waals surface area contributed by atoms with Crippen LogP contribution in [0.1, 0.15) is 26.3 Å². The van der Waals surface area contributed by atoms with Crippen molar-refractivity contribution in [1.29, 1.82) is 0 Å². The summed E-state index contributed by atoms with van der Waals surface area (Å²) in [5.74, 6) is 3.57. The van der Waals surface area contributed by atoms with E-state index in [-0.39, 0.29) is 57.9 Å². The highest BCUT2D eigenvalue weighted by atomic mass is 32.3. The average Bonchev–Trinajstić information content (AvgIpc) is 0.768. The van der Waals surface area contributed by atoms with E-state index < -0.39 is 69.5 Å².